The molecule has 1 amide bonds. The molecule has 0 atom stereocenters. The van der Waals surface area contributed by atoms with Gasteiger partial charge in [0.25, 0.3) is 5.91 Å². The summed E-state index contributed by atoms with van der Waals surface area (Å²) in [6.45, 7) is 6.68. The Kier molecular flexibility index (Phi) is 7.52. The van der Waals surface area contributed by atoms with Crippen molar-refractivity contribution >= 4 is 5.91 Å². The molecule has 3 nitrogen and oxygen atoms in total. The molecule has 0 heterocycles. The maximum absolute atomic E-state index is 11.4. The maximum atomic E-state index is 11.4. The molecule has 0 unspecified atom stereocenters. The number of hydrogen-bond acceptors (Lipinski definition) is 2. The van der Waals surface area contributed by atoms with Gasteiger partial charge in [0.1, 0.15) is 0 Å². The van der Waals surface area contributed by atoms with Gasteiger partial charge in [-0.25, -0.2) is 0 Å². The van der Waals surface area contributed by atoms with Crippen molar-refractivity contribution in [3.8, 4) is 6.07 Å². The van der Waals surface area contributed by atoms with Gasteiger partial charge in [-0.3, -0.25) is 4.79 Å². The Bertz CT molecular complexity index is 349. The van der Waals surface area contributed by atoms with E-state index in [4.69, 9.17) is 5.26 Å². The summed E-state index contributed by atoms with van der Waals surface area (Å²) in [6.07, 6.45) is 0.919. The molecule has 1 rings (SSSR count). The Morgan fingerprint density at radius 2 is 1.88 bits per heavy atom. The largest absolute Gasteiger partial charge is 0.352 e. The summed E-state index contributed by atoms with van der Waals surface area (Å²) in [6, 6.07) is 8.60. The fourth-order valence-corrected chi connectivity index (χ4v) is 1.04. The number of nitrogens with one attached hydrogen (secondary N) is 1. The highest BCUT2D eigenvalue weighted by Gasteiger charge is 2.02. The fourth-order valence-electron chi connectivity index (χ4n) is 1.04. The summed E-state index contributed by atoms with van der Waals surface area (Å²) >= 11 is 0. The van der Waals surface area contributed by atoms with Gasteiger partial charge in [-0.05, 0) is 30.7 Å². The van der Waals surface area contributed by atoms with E-state index in [1.165, 1.54) is 0 Å². The maximum Gasteiger partial charge on any atom is 0.251 e. The summed E-state index contributed by atoms with van der Waals surface area (Å²) in [7, 11) is 0. The third-order valence-electron chi connectivity index (χ3n) is 1.81. The van der Waals surface area contributed by atoms with Gasteiger partial charge in [-0.1, -0.05) is 20.8 Å². The molecular weight excluding hydrogens is 200 g/mol. The second kappa shape index (κ2) is 8.49. The molecule has 0 spiro atoms. The quantitative estimate of drug-likeness (QED) is 0.848. The summed E-state index contributed by atoms with van der Waals surface area (Å²) in [5, 5.41) is 11.3. The van der Waals surface area contributed by atoms with E-state index in [1.807, 2.05) is 26.8 Å². The highest BCUT2D eigenvalue weighted by atomic mass is 16.1. The van der Waals surface area contributed by atoms with Gasteiger partial charge < -0.3 is 5.32 Å². The van der Waals surface area contributed by atoms with E-state index in [9.17, 15) is 4.79 Å². The predicted molar refractivity (Wildman–Crippen MR) is 65.1 cm³/mol. The van der Waals surface area contributed by atoms with Crippen molar-refractivity contribution in [1.29, 1.82) is 5.26 Å². The average molecular weight is 218 g/mol. The first kappa shape index (κ1) is 14.2. The Labute approximate surface area is 97.1 Å². The van der Waals surface area contributed by atoms with Crippen LogP contribution in [0.5, 0.6) is 0 Å². The fraction of sp³-hybridized carbons (Fsp3) is 0.385. The van der Waals surface area contributed by atoms with Crippen molar-refractivity contribution in [3.63, 3.8) is 0 Å². The van der Waals surface area contributed by atoms with Gasteiger partial charge in [-0.2, -0.15) is 5.26 Å². The predicted octanol–water partition coefficient (Wildman–Crippen LogP) is 2.72. The van der Waals surface area contributed by atoms with Crippen molar-refractivity contribution in [2.45, 2.75) is 27.2 Å². The Balaban J connectivity index is 0.00000106. The summed E-state index contributed by atoms with van der Waals surface area (Å²) in [5.41, 5.74) is 1.16. The van der Waals surface area contributed by atoms with E-state index in [0.717, 1.165) is 6.42 Å². The molecule has 3 heteroatoms. The van der Waals surface area contributed by atoms with Crippen LogP contribution in [0, 0.1) is 11.3 Å². The zero-order valence-corrected chi connectivity index (χ0v) is 10.1. The Morgan fingerprint density at radius 1 is 1.31 bits per heavy atom. The van der Waals surface area contributed by atoms with Crippen LogP contribution in [0.4, 0.5) is 0 Å². The number of carbonyl (C=O) groups excluding carboxylic acids is 1. The average Bonchev–Trinajstić information content (AvgIpc) is 2.38. The number of nitrogens with zero attached hydrogens (tertiary/aromatic N) is 1. The minimum absolute atomic E-state index is 0.0867. The van der Waals surface area contributed by atoms with Gasteiger partial charge in [-0.15, -0.1) is 0 Å². The van der Waals surface area contributed by atoms with E-state index < -0.39 is 0 Å². The van der Waals surface area contributed by atoms with Gasteiger partial charge >= 0.3 is 0 Å². The van der Waals surface area contributed by atoms with E-state index in [2.05, 4.69) is 5.32 Å². The van der Waals surface area contributed by atoms with Crippen molar-refractivity contribution in [2.75, 3.05) is 6.54 Å². The first-order valence-corrected chi connectivity index (χ1v) is 5.56. The van der Waals surface area contributed by atoms with Crippen LogP contribution in [-0.4, -0.2) is 12.5 Å². The third-order valence-corrected chi connectivity index (χ3v) is 1.81. The number of benzene rings is 1. The van der Waals surface area contributed by atoms with Gasteiger partial charge in [0.05, 0.1) is 11.6 Å². The van der Waals surface area contributed by atoms with Crippen molar-refractivity contribution in [1.82, 2.24) is 5.32 Å². The third kappa shape index (κ3) is 4.61. The van der Waals surface area contributed by atoms with Crippen LogP contribution >= 0.6 is 0 Å². The molecule has 0 fully saturated rings. The lowest BCUT2D eigenvalue weighted by atomic mass is 10.1. The second-order valence-electron chi connectivity index (χ2n) is 2.95. The molecule has 0 aliphatic rings. The topological polar surface area (TPSA) is 52.9 Å². The SMILES string of the molecule is CC.CCCNC(=O)c1ccc(C#N)cc1. The minimum Gasteiger partial charge on any atom is -0.352 e. The second-order valence-corrected chi connectivity index (χ2v) is 2.95. The number of nitriles is 1. The summed E-state index contributed by atoms with van der Waals surface area (Å²) < 4.78 is 0. The van der Waals surface area contributed by atoms with E-state index in [-0.39, 0.29) is 5.91 Å². The molecule has 0 radical (unpaired) electrons. The molecule has 0 saturated carbocycles. The zero-order chi connectivity index (χ0) is 12.4. The first-order valence-electron chi connectivity index (χ1n) is 5.56. The molecule has 1 aromatic rings. The minimum atomic E-state index is -0.0867. The van der Waals surface area contributed by atoms with E-state index in [1.54, 1.807) is 24.3 Å². The number of rotatable bonds is 3. The van der Waals surface area contributed by atoms with Gasteiger partial charge in [0.15, 0.2) is 0 Å². The monoisotopic (exact) mass is 218 g/mol. The summed E-state index contributed by atoms with van der Waals surface area (Å²) in [5.74, 6) is -0.0867. The van der Waals surface area contributed by atoms with Crippen molar-refractivity contribution in [3.05, 3.63) is 35.4 Å². The molecule has 0 saturated heterocycles. The highest BCUT2D eigenvalue weighted by molar-refractivity contribution is 5.94. The molecule has 1 aromatic carbocycles. The lowest BCUT2D eigenvalue weighted by Crippen LogP contribution is -2.23. The molecule has 0 aliphatic heterocycles. The molecule has 1 N–H and O–H groups in total. The number of hydrogen-bond donors (Lipinski definition) is 1. The van der Waals surface area contributed by atoms with Crippen LogP contribution in [-0.2, 0) is 0 Å². The van der Waals surface area contributed by atoms with Crippen LogP contribution in [0.3, 0.4) is 0 Å². The van der Waals surface area contributed by atoms with Crippen LogP contribution in [0.25, 0.3) is 0 Å². The number of carbonyl (C=O) groups is 1. The smallest absolute Gasteiger partial charge is 0.251 e. The van der Waals surface area contributed by atoms with Gasteiger partial charge in [0.2, 0.25) is 0 Å². The molecule has 16 heavy (non-hydrogen) atoms. The molecule has 0 aliphatic carbocycles. The van der Waals surface area contributed by atoms with Gasteiger partial charge in [0, 0.05) is 12.1 Å². The lowest BCUT2D eigenvalue weighted by Gasteiger charge is -2.02. The Hall–Kier alpha value is -1.82. The standard InChI is InChI=1S/C11H12N2O.C2H6/c1-2-7-13-11(14)10-5-3-9(8-12)4-6-10;1-2/h3-6H,2,7H2,1H3,(H,13,14);1-2H3. The highest BCUT2D eigenvalue weighted by Crippen LogP contribution is 2.02. The summed E-state index contributed by atoms with van der Waals surface area (Å²) in [4.78, 5) is 11.4. The lowest BCUT2D eigenvalue weighted by molar-refractivity contribution is 0.0953. The van der Waals surface area contributed by atoms with E-state index in [0.29, 0.717) is 17.7 Å². The molecular formula is C13H18N2O. The van der Waals surface area contributed by atoms with Crippen molar-refractivity contribution in [2.24, 2.45) is 0 Å². The van der Waals surface area contributed by atoms with Crippen LogP contribution in [0.1, 0.15) is 43.1 Å². The molecule has 0 bridgehead atoms. The van der Waals surface area contributed by atoms with Crippen LogP contribution in [0.2, 0.25) is 0 Å². The first-order chi connectivity index (χ1) is 7.77. The van der Waals surface area contributed by atoms with Crippen molar-refractivity contribution < 1.29 is 4.79 Å². The van der Waals surface area contributed by atoms with Crippen LogP contribution < -0.4 is 5.32 Å². The Morgan fingerprint density at radius 3 is 2.31 bits per heavy atom. The number of amides is 1. The zero-order valence-electron chi connectivity index (χ0n) is 10.1. The van der Waals surface area contributed by atoms with E-state index >= 15 is 0 Å². The molecule has 86 valence electrons. The van der Waals surface area contributed by atoms with Crippen LogP contribution in [0.15, 0.2) is 24.3 Å². The normalized spacial score (nSPS) is 8.38. The molecule has 0 aromatic heterocycles.